The maximum absolute atomic E-state index is 15.3. The van der Waals surface area contributed by atoms with Gasteiger partial charge in [0.05, 0.1) is 5.56 Å². The van der Waals surface area contributed by atoms with Crippen LogP contribution in [0.15, 0.2) is 55.1 Å². The Morgan fingerprint density at radius 2 is 1.47 bits per heavy atom. The number of hydrogen-bond donors (Lipinski definition) is 0. The van der Waals surface area contributed by atoms with E-state index in [1.807, 2.05) is 0 Å². The Hall–Kier alpha value is -3.29. The first-order valence-electron chi connectivity index (χ1n) is 11.5. The van der Waals surface area contributed by atoms with Crippen LogP contribution >= 0.6 is 0 Å². The minimum Gasteiger partial charge on any atom is -0.426 e. The molecule has 0 saturated carbocycles. The third kappa shape index (κ3) is 4.49. The van der Waals surface area contributed by atoms with Crippen LogP contribution in [0.2, 0.25) is 0 Å². The molecule has 0 saturated heterocycles. The van der Waals surface area contributed by atoms with Gasteiger partial charge in [-0.1, -0.05) is 43.7 Å². The first kappa shape index (κ1) is 25.8. The molecule has 0 aromatic heterocycles. The molecule has 2 unspecified atom stereocenters. The molecular weight excluding hydrogens is 485 g/mol. The fourth-order valence-corrected chi connectivity index (χ4v) is 4.44. The van der Waals surface area contributed by atoms with Crippen molar-refractivity contribution in [3.63, 3.8) is 0 Å². The highest BCUT2D eigenvalue weighted by atomic mass is 19.3. The molecule has 1 aliphatic carbocycles. The lowest BCUT2D eigenvalue weighted by atomic mass is 9.81. The fourth-order valence-electron chi connectivity index (χ4n) is 4.44. The van der Waals surface area contributed by atoms with Gasteiger partial charge in [-0.3, -0.25) is 0 Å². The van der Waals surface area contributed by atoms with E-state index in [0.29, 0.717) is 25.3 Å². The molecule has 0 radical (unpaired) electrons. The van der Waals surface area contributed by atoms with Crippen molar-refractivity contribution < 1.29 is 35.5 Å². The maximum Gasteiger partial charge on any atom is 0.426 e. The van der Waals surface area contributed by atoms with Crippen molar-refractivity contribution in [2.45, 2.75) is 51.1 Å². The standard InChI is InChI=1S/C28H23F7O/c1-3-5-7-15-8-10-17(14-20(15)29)28(34,35)36-21-13-12-19-18-11-9-16(6-4-2)24(30)22(18)26(32)27(33)23(19)25(21)31/h3,8-14,26-27H,1,4-7H2,2H3. The predicted octanol–water partition coefficient (Wildman–Crippen LogP) is 9.01. The van der Waals surface area contributed by atoms with Gasteiger partial charge in [0, 0.05) is 11.1 Å². The molecule has 3 aromatic rings. The Morgan fingerprint density at radius 3 is 2.08 bits per heavy atom. The monoisotopic (exact) mass is 508 g/mol. The molecule has 0 heterocycles. The molecule has 190 valence electrons. The number of halogens is 7. The van der Waals surface area contributed by atoms with Crippen LogP contribution in [0.3, 0.4) is 0 Å². The van der Waals surface area contributed by atoms with Crippen LogP contribution in [-0.4, -0.2) is 0 Å². The highest BCUT2D eigenvalue weighted by Gasteiger charge is 2.42. The van der Waals surface area contributed by atoms with E-state index in [1.165, 1.54) is 12.1 Å². The quantitative estimate of drug-likeness (QED) is 0.218. The zero-order chi connectivity index (χ0) is 26.2. The lowest BCUT2D eigenvalue weighted by Gasteiger charge is -2.29. The molecule has 4 rings (SSSR count). The van der Waals surface area contributed by atoms with Crippen LogP contribution < -0.4 is 4.74 Å². The van der Waals surface area contributed by atoms with Crippen LogP contribution in [-0.2, 0) is 19.0 Å². The van der Waals surface area contributed by atoms with Gasteiger partial charge >= 0.3 is 6.11 Å². The van der Waals surface area contributed by atoms with Gasteiger partial charge in [0.25, 0.3) is 0 Å². The Balaban J connectivity index is 1.71. The second kappa shape index (κ2) is 9.99. The number of fused-ring (bicyclic) bond motifs is 3. The number of alkyl halides is 4. The minimum absolute atomic E-state index is 0.0573. The first-order chi connectivity index (χ1) is 17.1. The lowest BCUT2D eigenvalue weighted by molar-refractivity contribution is -0.187. The second-order valence-corrected chi connectivity index (χ2v) is 8.64. The summed E-state index contributed by atoms with van der Waals surface area (Å²) in [6.45, 7) is 5.32. The van der Waals surface area contributed by atoms with Crippen molar-refractivity contribution in [1.82, 2.24) is 0 Å². The average Bonchev–Trinajstić information content (AvgIpc) is 2.84. The Bertz CT molecular complexity index is 1300. The number of allylic oxidation sites excluding steroid dienone is 1. The topological polar surface area (TPSA) is 9.23 Å². The summed E-state index contributed by atoms with van der Waals surface area (Å²) in [7, 11) is 0. The van der Waals surface area contributed by atoms with E-state index in [-0.39, 0.29) is 28.7 Å². The van der Waals surface area contributed by atoms with Gasteiger partial charge in [-0.05, 0) is 59.7 Å². The number of aryl methyl sites for hydroxylation is 2. The van der Waals surface area contributed by atoms with Crippen LogP contribution in [0.5, 0.6) is 5.75 Å². The first-order valence-corrected chi connectivity index (χ1v) is 11.5. The summed E-state index contributed by atoms with van der Waals surface area (Å²) in [5, 5.41) is 0. The Morgan fingerprint density at radius 1 is 0.861 bits per heavy atom. The molecule has 1 aliphatic rings. The molecule has 0 bridgehead atoms. The van der Waals surface area contributed by atoms with Crippen LogP contribution in [0.1, 0.15) is 59.9 Å². The van der Waals surface area contributed by atoms with Crippen molar-refractivity contribution in [1.29, 1.82) is 0 Å². The van der Waals surface area contributed by atoms with Gasteiger partial charge in [-0.25, -0.2) is 22.0 Å². The van der Waals surface area contributed by atoms with E-state index in [0.717, 1.165) is 24.3 Å². The molecule has 36 heavy (non-hydrogen) atoms. The van der Waals surface area contributed by atoms with Gasteiger partial charge in [0.15, 0.2) is 23.9 Å². The molecule has 0 fully saturated rings. The summed E-state index contributed by atoms with van der Waals surface area (Å²) < 4.78 is 109. The highest BCUT2D eigenvalue weighted by molar-refractivity contribution is 5.76. The third-order valence-electron chi connectivity index (χ3n) is 6.27. The molecule has 0 aliphatic heterocycles. The van der Waals surface area contributed by atoms with E-state index in [2.05, 4.69) is 11.3 Å². The van der Waals surface area contributed by atoms with Gasteiger partial charge < -0.3 is 4.74 Å². The molecule has 1 nitrogen and oxygen atoms in total. The van der Waals surface area contributed by atoms with Crippen molar-refractivity contribution >= 4 is 0 Å². The SMILES string of the molecule is C=CCCc1ccc(C(F)(F)Oc2ccc3c(c2F)C(F)C(F)c2c-3ccc(CCC)c2F)cc1F. The van der Waals surface area contributed by atoms with Gasteiger partial charge in [0.1, 0.15) is 11.6 Å². The zero-order valence-corrected chi connectivity index (χ0v) is 19.4. The molecule has 0 amide bonds. The molecule has 3 aromatic carbocycles. The third-order valence-corrected chi connectivity index (χ3v) is 6.27. The largest absolute Gasteiger partial charge is 0.426 e. The van der Waals surface area contributed by atoms with E-state index in [1.54, 1.807) is 13.0 Å². The number of rotatable bonds is 8. The zero-order valence-electron chi connectivity index (χ0n) is 19.4. The van der Waals surface area contributed by atoms with Gasteiger partial charge in [-0.15, -0.1) is 6.58 Å². The maximum atomic E-state index is 15.3. The van der Waals surface area contributed by atoms with Crippen LogP contribution in [0.25, 0.3) is 11.1 Å². The summed E-state index contributed by atoms with van der Waals surface area (Å²) >= 11 is 0. The summed E-state index contributed by atoms with van der Waals surface area (Å²) in [5.41, 5.74) is -2.05. The smallest absolute Gasteiger partial charge is 0.426 e. The number of benzene rings is 3. The van der Waals surface area contributed by atoms with Crippen molar-refractivity contribution in [3.05, 3.63) is 100 Å². The van der Waals surface area contributed by atoms with Crippen LogP contribution in [0.4, 0.5) is 30.7 Å². The average molecular weight is 508 g/mol. The van der Waals surface area contributed by atoms with Crippen molar-refractivity contribution in [2.75, 3.05) is 0 Å². The summed E-state index contributed by atoms with van der Waals surface area (Å²) in [5.74, 6) is -4.37. The van der Waals surface area contributed by atoms with E-state index >= 15 is 8.78 Å². The molecular formula is C28H23F7O. The van der Waals surface area contributed by atoms with E-state index in [9.17, 15) is 22.0 Å². The molecule has 2 atom stereocenters. The summed E-state index contributed by atoms with van der Waals surface area (Å²) in [6, 6.07) is 7.39. The molecule has 8 heteroatoms. The van der Waals surface area contributed by atoms with Crippen molar-refractivity contribution in [2.24, 2.45) is 0 Å². The lowest BCUT2D eigenvalue weighted by Crippen LogP contribution is -2.24. The second-order valence-electron chi connectivity index (χ2n) is 8.64. The Kier molecular flexibility index (Phi) is 7.16. The minimum atomic E-state index is -4.18. The normalized spacial score (nSPS) is 16.9. The van der Waals surface area contributed by atoms with Crippen molar-refractivity contribution in [3.8, 4) is 16.9 Å². The van der Waals surface area contributed by atoms with E-state index < -0.39 is 58.3 Å². The molecule has 0 N–H and O–H groups in total. The molecule has 0 spiro atoms. The number of hydrogen-bond acceptors (Lipinski definition) is 1. The predicted molar refractivity (Wildman–Crippen MR) is 123 cm³/mol. The Labute approximate surface area is 204 Å². The summed E-state index contributed by atoms with van der Waals surface area (Å²) in [6.07, 6.45) is -6.22. The van der Waals surface area contributed by atoms with E-state index in [4.69, 9.17) is 0 Å². The number of ether oxygens (including phenoxy) is 1. The van der Waals surface area contributed by atoms with Gasteiger partial charge in [-0.2, -0.15) is 8.78 Å². The summed E-state index contributed by atoms with van der Waals surface area (Å²) in [4.78, 5) is 0. The van der Waals surface area contributed by atoms with Crippen LogP contribution in [0, 0.1) is 17.5 Å². The highest BCUT2D eigenvalue weighted by Crippen LogP contribution is 2.52. The van der Waals surface area contributed by atoms with Gasteiger partial charge in [0.2, 0.25) is 0 Å². The fraction of sp³-hybridized carbons (Fsp3) is 0.286.